The third-order valence-electron chi connectivity index (χ3n) is 4.13. The molecule has 0 spiro atoms. The lowest BCUT2D eigenvalue weighted by Gasteiger charge is -2.16. The van der Waals surface area contributed by atoms with Gasteiger partial charge in [0, 0.05) is 18.0 Å². The van der Waals surface area contributed by atoms with Gasteiger partial charge in [0.15, 0.2) is 0 Å². The molecule has 2 aliphatic rings. The summed E-state index contributed by atoms with van der Waals surface area (Å²) < 4.78 is 5.37. The normalized spacial score (nSPS) is 33.1. The number of carbonyl (C=O) groups is 1. The van der Waals surface area contributed by atoms with Crippen LogP contribution in [0.15, 0.2) is 30.3 Å². The monoisotopic (exact) mass is 260 g/mol. The SMILES string of the molecule is CNC1COCC1C(=O)NC1CC1c1ccccc1. The van der Waals surface area contributed by atoms with E-state index in [1.807, 2.05) is 25.2 Å². The Bertz CT molecular complexity index is 449. The number of benzene rings is 1. The number of hydrogen-bond acceptors (Lipinski definition) is 3. The van der Waals surface area contributed by atoms with Crippen LogP contribution in [-0.4, -0.2) is 38.3 Å². The average molecular weight is 260 g/mol. The number of hydrogen-bond donors (Lipinski definition) is 2. The van der Waals surface area contributed by atoms with Crippen LogP contribution < -0.4 is 10.6 Å². The predicted octanol–water partition coefficient (Wildman–Crippen LogP) is 0.893. The van der Waals surface area contributed by atoms with Crippen LogP contribution in [0.1, 0.15) is 17.9 Å². The van der Waals surface area contributed by atoms with E-state index in [0.29, 0.717) is 25.2 Å². The summed E-state index contributed by atoms with van der Waals surface area (Å²) in [5.41, 5.74) is 1.32. The minimum Gasteiger partial charge on any atom is -0.379 e. The van der Waals surface area contributed by atoms with Gasteiger partial charge in [-0.25, -0.2) is 0 Å². The Morgan fingerprint density at radius 1 is 1.21 bits per heavy atom. The zero-order valence-corrected chi connectivity index (χ0v) is 11.1. The van der Waals surface area contributed by atoms with E-state index in [1.165, 1.54) is 5.56 Å². The van der Waals surface area contributed by atoms with Crippen LogP contribution in [0.25, 0.3) is 0 Å². The highest BCUT2D eigenvalue weighted by Crippen LogP contribution is 2.40. The molecule has 0 radical (unpaired) electrons. The van der Waals surface area contributed by atoms with Gasteiger partial charge in [0.25, 0.3) is 0 Å². The summed E-state index contributed by atoms with van der Waals surface area (Å²) in [6.45, 7) is 1.15. The van der Waals surface area contributed by atoms with Gasteiger partial charge in [-0.15, -0.1) is 0 Å². The molecule has 4 atom stereocenters. The van der Waals surface area contributed by atoms with Crippen molar-refractivity contribution in [2.24, 2.45) is 5.92 Å². The fraction of sp³-hybridized carbons (Fsp3) is 0.533. The van der Waals surface area contributed by atoms with Gasteiger partial charge in [0.05, 0.1) is 19.1 Å². The zero-order valence-electron chi connectivity index (χ0n) is 11.1. The van der Waals surface area contributed by atoms with Crippen molar-refractivity contribution in [2.45, 2.75) is 24.4 Å². The van der Waals surface area contributed by atoms with Crippen molar-refractivity contribution >= 4 is 5.91 Å². The van der Waals surface area contributed by atoms with E-state index < -0.39 is 0 Å². The molecule has 1 aliphatic heterocycles. The summed E-state index contributed by atoms with van der Waals surface area (Å²) in [5.74, 6) is 0.558. The highest BCUT2D eigenvalue weighted by molar-refractivity contribution is 5.80. The van der Waals surface area contributed by atoms with Crippen LogP contribution in [-0.2, 0) is 9.53 Å². The minimum absolute atomic E-state index is 0.0537. The summed E-state index contributed by atoms with van der Waals surface area (Å²) >= 11 is 0. The second-order valence-corrected chi connectivity index (χ2v) is 5.41. The topological polar surface area (TPSA) is 50.4 Å². The summed E-state index contributed by atoms with van der Waals surface area (Å²) in [5, 5.41) is 6.30. The molecule has 1 aromatic rings. The maximum atomic E-state index is 12.2. The Balaban J connectivity index is 1.55. The van der Waals surface area contributed by atoms with Gasteiger partial charge in [0.1, 0.15) is 0 Å². The molecule has 4 nitrogen and oxygen atoms in total. The Hall–Kier alpha value is -1.39. The molecule has 2 N–H and O–H groups in total. The summed E-state index contributed by atoms with van der Waals surface area (Å²) in [7, 11) is 1.88. The van der Waals surface area contributed by atoms with Crippen LogP contribution in [0.3, 0.4) is 0 Å². The smallest absolute Gasteiger partial charge is 0.227 e. The maximum absolute atomic E-state index is 12.2. The van der Waals surface area contributed by atoms with E-state index >= 15 is 0 Å². The minimum atomic E-state index is -0.0537. The van der Waals surface area contributed by atoms with E-state index in [0.717, 1.165) is 6.42 Å². The first-order chi connectivity index (χ1) is 9.29. The van der Waals surface area contributed by atoms with Crippen LogP contribution in [0, 0.1) is 5.92 Å². The largest absolute Gasteiger partial charge is 0.379 e. The lowest BCUT2D eigenvalue weighted by molar-refractivity contribution is -0.125. The molecule has 1 aliphatic carbocycles. The fourth-order valence-corrected chi connectivity index (χ4v) is 2.81. The molecule has 1 heterocycles. The van der Waals surface area contributed by atoms with Crippen LogP contribution in [0.5, 0.6) is 0 Å². The third kappa shape index (κ3) is 2.65. The van der Waals surface area contributed by atoms with Crippen molar-refractivity contribution in [2.75, 3.05) is 20.3 Å². The number of carbonyl (C=O) groups excluding carboxylic acids is 1. The van der Waals surface area contributed by atoms with Crippen molar-refractivity contribution in [1.29, 1.82) is 0 Å². The lowest BCUT2D eigenvalue weighted by Crippen LogP contribution is -2.43. The van der Waals surface area contributed by atoms with E-state index in [1.54, 1.807) is 0 Å². The quantitative estimate of drug-likeness (QED) is 0.845. The summed E-state index contributed by atoms with van der Waals surface area (Å²) in [6.07, 6.45) is 1.05. The fourth-order valence-electron chi connectivity index (χ4n) is 2.81. The third-order valence-corrected chi connectivity index (χ3v) is 4.13. The Morgan fingerprint density at radius 2 is 2.00 bits per heavy atom. The van der Waals surface area contributed by atoms with Gasteiger partial charge in [-0.1, -0.05) is 30.3 Å². The number of ether oxygens (including phenoxy) is 1. The second kappa shape index (κ2) is 5.31. The number of likely N-dealkylation sites (N-methyl/N-ethyl adjacent to an activating group) is 1. The molecule has 1 saturated carbocycles. The van der Waals surface area contributed by atoms with Crippen LogP contribution >= 0.6 is 0 Å². The van der Waals surface area contributed by atoms with Gasteiger partial charge < -0.3 is 15.4 Å². The summed E-state index contributed by atoms with van der Waals surface area (Å²) in [6, 6.07) is 10.8. The highest BCUT2D eigenvalue weighted by Gasteiger charge is 2.42. The lowest BCUT2D eigenvalue weighted by atomic mass is 10.0. The van der Waals surface area contributed by atoms with Crippen molar-refractivity contribution in [3.8, 4) is 0 Å². The molecular formula is C15H20N2O2. The molecule has 1 saturated heterocycles. The predicted molar refractivity (Wildman–Crippen MR) is 72.9 cm³/mol. The van der Waals surface area contributed by atoms with Crippen molar-refractivity contribution < 1.29 is 9.53 Å². The Kier molecular flexibility index (Phi) is 3.53. The molecule has 0 bridgehead atoms. The molecule has 4 unspecified atom stereocenters. The zero-order chi connectivity index (χ0) is 13.2. The molecule has 1 amide bonds. The molecule has 19 heavy (non-hydrogen) atoms. The standard InChI is InChI=1S/C15H20N2O2/c1-16-14-9-19-8-12(14)15(18)17-13-7-11(13)10-5-3-2-4-6-10/h2-6,11-14,16H,7-9H2,1H3,(H,17,18). The maximum Gasteiger partial charge on any atom is 0.227 e. The van der Waals surface area contributed by atoms with Gasteiger partial charge in [-0.3, -0.25) is 4.79 Å². The Morgan fingerprint density at radius 3 is 2.74 bits per heavy atom. The van der Waals surface area contributed by atoms with E-state index in [-0.39, 0.29) is 17.9 Å². The second-order valence-electron chi connectivity index (χ2n) is 5.41. The highest BCUT2D eigenvalue weighted by atomic mass is 16.5. The Labute approximate surface area is 113 Å². The van der Waals surface area contributed by atoms with Crippen molar-refractivity contribution in [3.63, 3.8) is 0 Å². The molecule has 3 rings (SSSR count). The first-order valence-corrected chi connectivity index (χ1v) is 6.90. The number of amides is 1. The summed E-state index contributed by atoms with van der Waals surface area (Å²) in [4.78, 5) is 12.2. The van der Waals surface area contributed by atoms with Crippen LogP contribution in [0.2, 0.25) is 0 Å². The van der Waals surface area contributed by atoms with Crippen molar-refractivity contribution in [3.05, 3.63) is 35.9 Å². The molecule has 0 aromatic heterocycles. The number of rotatable bonds is 4. The van der Waals surface area contributed by atoms with E-state index in [9.17, 15) is 4.79 Å². The molecule has 102 valence electrons. The van der Waals surface area contributed by atoms with Crippen molar-refractivity contribution in [1.82, 2.24) is 10.6 Å². The molecule has 2 fully saturated rings. The molecule has 4 heteroatoms. The van der Waals surface area contributed by atoms with Gasteiger partial charge in [0.2, 0.25) is 5.91 Å². The van der Waals surface area contributed by atoms with Gasteiger partial charge in [-0.2, -0.15) is 0 Å². The number of nitrogens with one attached hydrogen (secondary N) is 2. The van der Waals surface area contributed by atoms with E-state index in [2.05, 4.69) is 22.8 Å². The molecule has 1 aromatic carbocycles. The molecular weight excluding hydrogens is 240 g/mol. The van der Waals surface area contributed by atoms with E-state index in [4.69, 9.17) is 4.74 Å². The van der Waals surface area contributed by atoms with Crippen LogP contribution in [0.4, 0.5) is 0 Å². The first-order valence-electron chi connectivity index (χ1n) is 6.90. The first kappa shape index (κ1) is 12.6. The van der Waals surface area contributed by atoms with Gasteiger partial charge >= 0.3 is 0 Å². The average Bonchev–Trinajstić information content (AvgIpc) is 3.04. The van der Waals surface area contributed by atoms with Gasteiger partial charge in [-0.05, 0) is 19.0 Å².